The van der Waals surface area contributed by atoms with Crippen LogP contribution in [0.1, 0.15) is 7.79 Å². The molecule has 5 nitrogen and oxygen atoms in total. The van der Waals surface area contributed by atoms with E-state index < -0.39 is 0 Å². The van der Waals surface area contributed by atoms with E-state index in [9.17, 15) is 4.79 Å². The van der Waals surface area contributed by atoms with Gasteiger partial charge in [0.25, 0.3) is 0 Å². The minimum atomic E-state index is -0.0280. The van der Waals surface area contributed by atoms with Gasteiger partial charge in [0.2, 0.25) is 5.91 Å². The van der Waals surface area contributed by atoms with Gasteiger partial charge in [0.15, 0.2) is 10.8 Å². The number of hydrogen-bond donors (Lipinski definition) is 1. The fourth-order valence-corrected chi connectivity index (χ4v) is 3.15. The molecule has 1 unspecified atom stereocenters. The zero-order valence-electron chi connectivity index (χ0n) is 11.3. The van der Waals surface area contributed by atoms with Gasteiger partial charge in [-0.05, 0) is 24.7 Å². The van der Waals surface area contributed by atoms with Gasteiger partial charge in [0.05, 0.1) is 12.0 Å². The standard InChI is InChI=1S/C13H14N4OS/c1-2-14-12(18)9-5-7-17(8-9)13-16-11-10(19-13)4-3-6-15-11/h2-4,6,9H,1,5,7-8H2,(H,14,18)/i3T. The third-order valence-electron chi connectivity index (χ3n) is 3.17. The van der Waals surface area contributed by atoms with E-state index in [1.165, 1.54) is 23.7 Å². The maximum atomic E-state index is 11.8. The molecule has 0 saturated carbocycles. The maximum Gasteiger partial charge on any atom is 0.228 e. The normalized spacial score (nSPS) is 19.5. The summed E-state index contributed by atoms with van der Waals surface area (Å²) in [6.07, 6.45) is 3.73. The van der Waals surface area contributed by atoms with Crippen molar-refractivity contribution in [2.45, 2.75) is 6.42 Å². The third-order valence-corrected chi connectivity index (χ3v) is 4.23. The Hall–Kier alpha value is -1.95. The lowest BCUT2D eigenvalue weighted by atomic mass is 10.1. The lowest BCUT2D eigenvalue weighted by Crippen LogP contribution is -2.29. The predicted molar refractivity (Wildman–Crippen MR) is 76.1 cm³/mol. The van der Waals surface area contributed by atoms with Crippen LogP contribution in [-0.2, 0) is 4.79 Å². The number of carbonyl (C=O) groups excluding carboxylic acids is 1. The molecule has 6 heteroatoms. The van der Waals surface area contributed by atoms with Crippen LogP contribution in [0.3, 0.4) is 0 Å². The molecule has 1 aliphatic heterocycles. The Labute approximate surface area is 116 Å². The van der Waals surface area contributed by atoms with Crippen molar-refractivity contribution in [3.05, 3.63) is 31.1 Å². The molecule has 1 fully saturated rings. The Bertz CT molecular complexity index is 671. The van der Waals surface area contributed by atoms with Crippen LogP contribution in [0.2, 0.25) is 0 Å². The largest absolute Gasteiger partial charge is 0.347 e. The molecular formula is C13H14N4OS. The number of nitrogens with zero attached hydrogens (tertiary/aromatic N) is 3. The smallest absolute Gasteiger partial charge is 0.228 e. The number of anilines is 1. The van der Waals surface area contributed by atoms with Gasteiger partial charge in [0.1, 0.15) is 0 Å². The molecule has 2 aromatic rings. The van der Waals surface area contributed by atoms with Gasteiger partial charge in [-0.15, -0.1) is 0 Å². The Morgan fingerprint density at radius 2 is 2.63 bits per heavy atom. The number of thiazole rings is 1. The first kappa shape index (κ1) is 10.9. The van der Waals surface area contributed by atoms with Crippen LogP contribution < -0.4 is 10.2 Å². The topological polar surface area (TPSA) is 58.1 Å². The predicted octanol–water partition coefficient (Wildman–Crippen LogP) is 1.78. The van der Waals surface area contributed by atoms with Crippen LogP contribution in [0.15, 0.2) is 31.1 Å². The van der Waals surface area contributed by atoms with Crippen LogP contribution in [0.4, 0.5) is 5.13 Å². The molecule has 1 aliphatic rings. The van der Waals surface area contributed by atoms with E-state index in [1.54, 1.807) is 6.07 Å². The van der Waals surface area contributed by atoms with E-state index >= 15 is 0 Å². The lowest BCUT2D eigenvalue weighted by molar-refractivity contribution is -0.123. The van der Waals surface area contributed by atoms with Crippen molar-refractivity contribution in [1.29, 1.82) is 0 Å². The first-order valence-electron chi connectivity index (χ1n) is 6.57. The van der Waals surface area contributed by atoms with Crippen LogP contribution >= 0.6 is 11.3 Å². The van der Waals surface area contributed by atoms with E-state index in [2.05, 4.69) is 26.8 Å². The molecule has 0 aliphatic carbocycles. The number of carbonyl (C=O) groups is 1. The van der Waals surface area contributed by atoms with Crippen LogP contribution in [0.25, 0.3) is 10.3 Å². The highest BCUT2D eigenvalue weighted by molar-refractivity contribution is 7.22. The Balaban J connectivity index is 1.79. The number of rotatable bonds is 3. The molecule has 3 heterocycles. The van der Waals surface area contributed by atoms with Crippen molar-refractivity contribution < 1.29 is 6.17 Å². The van der Waals surface area contributed by atoms with E-state index in [1.807, 2.05) is 0 Å². The summed E-state index contributed by atoms with van der Waals surface area (Å²) in [6, 6.07) is 2.15. The molecular weight excluding hydrogens is 260 g/mol. The summed E-state index contributed by atoms with van der Waals surface area (Å²) in [5.74, 6) is -0.0186. The second kappa shape index (κ2) is 4.97. The van der Waals surface area contributed by atoms with E-state index in [0.29, 0.717) is 18.2 Å². The number of fused-ring (bicyclic) bond motifs is 1. The molecule has 3 rings (SSSR count). The van der Waals surface area contributed by atoms with Crippen LogP contribution in [0.5, 0.6) is 0 Å². The summed E-state index contributed by atoms with van der Waals surface area (Å²) in [5.41, 5.74) is 0.667. The second-order valence-corrected chi connectivity index (χ2v) is 5.41. The van der Waals surface area contributed by atoms with Gasteiger partial charge in [-0.2, -0.15) is 4.98 Å². The summed E-state index contributed by atoms with van der Waals surface area (Å²) < 4.78 is 8.48. The highest BCUT2D eigenvalue weighted by atomic mass is 32.1. The summed E-state index contributed by atoms with van der Waals surface area (Å²) >= 11 is 1.52. The number of amides is 1. The average Bonchev–Trinajstić information content (AvgIpc) is 3.04. The second-order valence-electron chi connectivity index (χ2n) is 4.40. The monoisotopic (exact) mass is 276 g/mol. The van der Waals surface area contributed by atoms with Crippen molar-refractivity contribution in [3.8, 4) is 0 Å². The van der Waals surface area contributed by atoms with Crippen LogP contribution in [-0.4, -0.2) is 29.0 Å². The summed E-state index contributed by atoms with van der Waals surface area (Å²) in [7, 11) is 0. The molecule has 1 atom stereocenters. The summed E-state index contributed by atoms with van der Waals surface area (Å²) in [6.45, 7) is 4.97. The minimum Gasteiger partial charge on any atom is -0.347 e. The molecule has 1 saturated heterocycles. The van der Waals surface area contributed by atoms with E-state index in [4.69, 9.17) is 1.37 Å². The summed E-state index contributed by atoms with van der Waals surface area (Å²) in [5, 5.41) is 3.51. The number of aromatic nitrogens is 2. The zero-order valence-corrected chi connectivity index (χ0v) is 11.1. The number of nitrogens with one attached hydrogen (secondary N) is 1. The van der Waals surface area contributed by atoms with Crippen molar-refractivity contribution in [3.63, 3.8) is 0 Å². The van der Waals surface area contributed by atoms with E-state index in [0.717, 1.165) is 22.8 Å². The van der Waals surface area contributed by atoms with E-state index in [-0.39, 0.29) is 11.8 Å². The minimum absolute atomic E-state index is 0.00943. The fraction of sp³-hybridized carbons (Fsp3) is 0.308. The van der Waals surface area contributed by atoms with Crippen molar-refractivity contribution in [1.82, 2.24) is 15.3 Å². The first-order valence-corrected chi connectivity index (χ1v) is 6.88. The number of pyridine rings is 1. The molecule has 1 amide bonds. The molecule has 98 valence electrons. The highest BCUT2D eigenvalue weighted by Crippen LogP contribution is 2.31. The molecule has 0 spiro atoms. The highest BCUT2D eigenvalue weighted by Gasteiger charge is 2.29. The Morgan fingerprint density at radius 3 is 3.47 bits per heavy atom. The van der Waals surface area contributed by atoms with Crippen molar-refractivity contribution >= 4 is 32.7 Å². The van der Waals surface area contributed by atoms with Gasteiger partial charge < -0.3 is 10.2 Å². The molecule has 2 aromatic heterocycles. The quantitative estimate of drug-likeness (QED) is 0.928. The third kappa shape index (κ3) is 2.31. The maximum absolute atomic E-state index is 11.8. The number of hydrogen-bond acceptors (Lipinski definition) is 5. The Kier molecular flexibility index (Phi) is 2.86. The summed E-state index contributed by atoms with van der Waals surface area (Å²) in [4.78, 5) is 22.5. The van der Waals surface area contributed by atoms with Gasteiger partial charge in [-0.1, -0.05) is 17.9 Å². The van der Waals surface area contributed by atoms with Crippen molar-refractivity contribution in [2.75, 3.05) is 18.0 Å². The van der Waals surface area contributed by atoms with Gasteiger partial charge in [0, 0.05) is 19.3 Å². The fourth-order valence-electron chi connectivity index (χ4n) is 2.21. The molecule has 19 heavy (non-hydrogen) atoms. The van der Waals surface area contributed by atoms with Gasteiger partial charge in [-0.25, -0.2) is 4.98 Å². The van der Waals surface area contributed by atoms with Crippen molar-refractivity contribution in [2.24, 2.45) is 5.92 Å². The average molecular weight is 276 g/mol. The van der Waals surface area contributed by atoms with Gasteiger partial charge >= 0.3 is 0 Å². The van der Waals surface area contributed by atoms with Gasteiger partial charge in [-0.3, -0.25) is 4.79 Å². The SMILES string of the molecule is [3H]c1cnc2nc(N3CCC(C(=O)NC=C)C3)sc2c1. The lowest BCUT2D eigenvalue weighted by Gasteiger charge is -2.13. The zero-order chi connectivity index (χ0) is 14.1. The van der Waals surface area contributed by atoms with Crippen LogP contribution in [0, 0.1) is 5.92 Å². The Morgan fingerprint density at radius 1 is 1.74 bits per heavy atom. The first-order chi connectivity index (χ1) is 9.67. The molecule has 0 bridgehead atoms. The molecule has 1 N–H and O–H groups in total. The molecule has 0 radical (unpaired) electrons. The molecule has 0 aromatic carbocycles.